The lowest BCUT2D eigenvalue weighted by atomic mass is 9.92. The van der Waals surface area contributed by atoms with Crippen LogP contribution >= 0.6 is 0 Å². The summed E-state index contributed by atoms with van der Waals surface area (Å²) >= 11 is 0. The summed E-state index contributed by atoms with van der Waals surface area (Å²) in [6.07, 6.45) is 12.0. The molecule has 1 saturated heterocycles. The number of ether oxygens (including phenoxy) is 2. The van der Waals surface area contributed by atoms with Crippen molar-refractivity contribution in [3.63, 3.8) is 0 Å². The highest BCUT2D eigenvalue weighted by molar-refractivity contribution is 5.70. The van der Waals surface area contributed by atoms with E-state index >= 15 is 0 Å². The van der Waals surface area contributed by atoms with Crippen molar-refractivity contribution in [3.05, 3.63) is 0 Å². The number of aliphatic hydroxyl groups is 3. The first-order valence-electron chi connectivity index (χ1n) is 14.5. The van der Waals surface area contributed by atoms with Gasteiger partial charge in [-0.05, 0) is 12.8 Å². The van der Waals surface area contributed by atoms with Gasteiger partial charge in [-0.3, -0.25) is 9.59 Å². The molecule has 8 nitrogen and oxygen atoms in total. The average molecular weight is 516 g/mol. The molecule has 1 rings (SSSR count). The second-order valence-corrected chi connectivity index (χ2v) is 10.3. The zero-order valence-corrected chi connectivity index (χ0v) is 22.8. The van der Waals surface area contributed by atoms with Crippen LogP contribution in [0.15, 0.2) is 0 Å². The van der Waals surface area contributed by atoms with Gasteiger partial charge in [0, 0.05) is 31.8 Å². The lowest BCUT2D eigenvalue weighted by molar-refractivity contribution is -0.162. The van der Waals surface area contributed by atoms with Crippen molar-refractivity contribution < 1.29 is 34.4 Å². The van der Waals surface area contributed by atoms with Gasteiger partial charge in [0.2, 0.25) is 0 Å². The molecule has 0 spiro atoms. The van der Waals surface area contributed by atoms with Gasteiger partial charge in [0.1, 0.15) is 18.8 Å². The summed E-state index contributed by atoms with van der Waals surface area (Å²) in [6.45, 7) is 4.41. The van der Waals surface area contributed by atoms with Gasteiger partial charge in [-0.2, -0.15) is 0 Å². The van der Waals surface area contributed by atoms with Crippen LogP contribution in [0.1, 0.15) is 123 Å². The quantitative estimate of drug-likeness (QED) is 0.133. The fraction of sp³-hybridized carbons (Fsp3) is 0.929. The third kappa shape index (κ3) is 15.1. The molecule has 0 saturated carbocycles. The minimum Gasteiger partial charge on any atom is -0.462 e. The molecular weight excluding hydrogens is 462 g/mol. The maximum atomic E-state index is 12.5. The number of carbonyl (C=O) groups is 2. The first kappa shape index (κ1) is 32.8. The molecule has 0 radical (unpaired) electrons. The van der Waals surface area contributed by atoms with E-state index in [4.69, 9.17) is 9.47 Å². The summed E-state index contributed by atoms with van der Waals surface area (Å²) in [5.74, 6) is -0.660. The molecular formula is C28H53NO7. The highest BCUT2D eigenvalue weighted by Gasteiger charge is 2.38. The first-order valence-corrected chi connectivity index (χ1v) is 14.5. The fourth-order valence-electron chi connectivity index (χ4n) is 4.59. The van der Waals surface area contributed by atoms with Crippen LogP contribution in [0.2, 0.25) is 0 Å². The first-order chi connectivity index (χ1) is 17.4. The molecule has 1 unspecified atom stereocenters. The fourth-order valence-corrected chi connectivity index (χ4v) is 4.59. The van der Waals surface area contributed by atoms with Crippen molar-refractivity contribution in [2.24, 2.45) is 0 Å². The molecule has 212 valence electrons. The van der Waals surface area contributed by atoms with E-state index in [9.17, 15) is 24.9 Å². The number of unbranched alkanes of at least 4 members (excludes halogenated alkanes) is 12. The standard InChI is InChI=1S/C28H53NO7/c1-3-5-7-9-11-13-15-17-25(31)35-21-22(19-23-27(33)28(34)24(30)20-29-23)36-26(32)18-16-14-12-10-8-6-4-2/h22-24,27-30,33-34H,3-21H2,1-2H3/t22?,23-,24-,27+,28+/m1/s1. The highest BCUT2D eigenvalue weighted by atomic mass is 16.6. The van der Waals surface area contributed by atoms with Crippen LogP contribution in [0.5, 0.6) is 0 Å². The third-order valence-corrected chi connectivity index (χ3v) is 6.96. The topological polar surface area (TPSA) is 125 Å². The molecule has 1 heterocycles. The number of piperidine rings is 1. The molecule has 0 aromatic heterocycles. The number of rotatable bonds is 21. The maximum absolute atomic E-state index is 12.5. The molecule has 0 aromatic carbocycles. The predicted molar refractivity (Wildman–Crippen MR) is 140 cm³/mol. The van der Waals surface area contributed by atoms with E-state index in [-0.39, 0.29) is 31.5 Å². The van der Waals surface area contributed by atoms with Crippen LogP contribution in [-0.4, -0.2) is 70.9 Å². The van der Waals surface area contributed by atoms with Gasteiger partial charge >= 0.3 is 11.9 Å². The average Bonchev–Trinajstić information content (AvgIpc) is 2.86. The lowest BCUT2D eigenvalue weighted by Crippen LogP contribution is -2.60. The molecule has 1 aliphatic heterocycles. The Hall–Kier alpha value is -1.22. The zero-order valence-electron chi connectivity index (χ0n) is 22.8. The van der Waals surface area contributed by atoms with Crippen LogP contribution in [0.4, 0.5) is 0 Å². The maximum Gasteiger partial charge on any atom is 0.306 e. The van der Waals surface area contributed by atoms with Crippen LogP contribution in [0, 0.1) is 0 Å². The Balaban J connectivity index is 2.44. The SMILES string of the molecule is CCCCCCCCCC(=O)OCC(C[C@H]1NC[C@@H](O)[C@H](O)[C@H]1O)OC(=O)CCCCCCCCC. The molecule has 0 aromatic rings. The van der Waals surface area contributed by atoms with Gasteiger partial charge in [-0.15, -0.1) is 0 Å². The largest absolute Gasteiger partial charge is 0.462 e. The lowest BCUT2D eigenvalue weighted by Gasteiger charge is -2.37. The van der Waals surface area contributed by atoms with Crippen LogP contribution in [0.3, 0.4) is 0 Å². The van der Waals surface area contributed by atoms with E-state index in [2.05, 4.69) is 19.2 Å². The van der Waals surface area contributed by atoms with Gasteiger partial charge in [-0.1, -0.05) is 90.9 Å². The smallest absolute Gasteiger partial charge is 0.306 e. The molecule has 5 atom stereocenters. The Kier molecular flexibility index (Phi) is 19.0. The number of hydrogen-bond donors (Lipinski definition) is 4. The van der Waals surface area contributed by atoms with Gasteiger partial charge in [0.25, 0.3) is 0 Å². The highest BCUT2D eigenvalue weighted by Crippen LogP contribution is 2.18. The van der Waals surface area contributed by atoms with Crippen molar-refractivity contribution in [1.82, 2.24) is 5.32 Å². The van der Waals surface area contributed by atoms with Gasteiger partial charge in [0.15, 0.2) is 0 Å². The normalized spacial score (nSPS) is 22.8. The molecule has 0 amide bonds. The Morgan fingerprint density at radius 1 is 0.750 bits per heavy atom. The third-order valence-electron chi connectivity index (χ3n) is 6.96. The summed E-state index contributed by atoms with van der Waals surface area (Å²) in [4.78, 5) is 24.7. The van der Waals surface area contributed by atoms with E-state index in [1.165, 1.54) is 51.4 Å². The number of aliphatic hydroxyl groups excluding tert-OH is 3. The molecule has 1 fully saturated rings. The summed E-state index contributed by atoms with van der Waals surface area (Å²) in [6, 6.07) is -0.582. The van der Waals surface area contributed by atoms with Gasteiger partial charge in [-0.25, -0.2) is 0 Å². The van der Waals surface area contributed by atoms with Crippen molar-refractivity contribution in [3.8, 4) is 0 Å². The van der Waals surface area contributed by atoms with E-state index in [1.54, 1.807) is 0 Å². The summed E-state index contributed by atoms with van der Waals surface area (Å²) < 4.78 is 11.0. The molecule has 0 bridgehead atoms. The van der Waals surface area contributed by atoms with Crippen LogP contribution in [-0.2, 0) is 19.1 Å². The predicted octanol–water partition coefficient (Wildman–Crippen LogP) is 4.17. The monoisotopic (exact) mass is 515 g/mol. The van der Waals surface area contributed by atoms with Crippen molar-refractivity contribution in [2.75, 3.05) is 13.2 Å². The number of nitrogens with one attached hydrogen (secondary N) is 1. The molecule has 36 heavy (non-hydrogen) atoms. The molecule has 4 N–H and O–H groups in total. The van der Waals surface area contributed by atoms with Gasteiger partial charge in [0.05, 0.1) is 12.2 Å². The summed E-state index contributed by atoms with van der Waals surface area (Å²) in [7, 11) is 0. The summed E-state index contributed by atoms with van der Waals surface area (Å²) in [5, 5.41) is 33.1. The van der Waals surface area contributed by atoms with E-state index < -0.39 is 30.5 Å². The van der Waals surface area contributed by atoms with Crippen molar-refractivity contribution in [1.29, 1.82) is 0 Å². The zero-order chi connectivity index (χ0) is 26.6. The molecule has 0 aliphatic carbocycles. The van der Waals surface area contributed by atoms with E-state index in [0.717, 1.165) is 38.5 Å². The van der Waals surface area contributed by atoms with Gasteiger partial charge < -0.3 is 30.1 Å². The number of hydrogen-bond acceptors (Lipinski definition) is 8. The number of esters is 2. The molecule has 8 heteroatoms. The van der Waals surface area contributed by atoms with E-state index in [1.807, 2.05) is 0 Å². The minimum atomic E-state index is -1.28. The Morgan fingerprint density at radius 3 is 1.81 bits per heavy atom. The molecule has 1 aliphatic rings. The summed E-state index contributed by atoms with van der Waals surface area (Å²) in [5.41, 5.74) is 0. The Labute approximate surface area is 218 Å². The second kappa shape index (κ2) is 20.8. The van der Waals surface area contributed by atoms with E-state index in [0.29, 0.717) is 12.8 Å². The minimum absolute atomic E-state index is 0.0817. The van der Waals surface area contributed by atoms with Crippen LogP contribution < -0.4 is 5.32 Å². The Bertz CT molecular complexity index is 574. The second-order valence-electron chi connectivity index (χ2n) is 10.3. The number of β-amino-alcohol motifs (C(OH)–C–C–N with tert-alkyl or cyclic N) is 1. The van der Waals surface area contributed by atoms with Crippen molar-refractivity contribution in [2.45, 2.75) is 153 Å². The van der Waals surface area contributed by atoms with Crippen LogP contribution in [0.25, 0.3) is 0 Å². The Morgan fingerprint density at radius 2 is 1.25 bits per heavy atom. The van der Waals surface area contributed by atoms with Crippen molar-refractivity contribution >= 4 is 11.9 Å². The number of carbonyl (C=O) groups excluding carboxylic acids is 2.